The minimum absolute atomic E-state index is 0.218. The molecular weight excluding hydrogens is 337 g/mol. The lowest BCUT2D eigenvalue weighted by Gasteiger charge is -2.21. The summed E-state index contributed by atoms with van der Waals surface area (Å²) in [4.78, 5) is 11.6. The molecule has 0 saturated heterocycles. The van der Waals surface area contributed by atoms with Gasteiger partial charge in [-0.3, -0.25) is 0 Å². The third-order valence-electron chi connectivity index (χ3n) is 5.11. The fourth-order valence-corrected chi connectivity index (χ4v) is 3.80. The monoisotopic (exact) mass is 355 g/mol. The van der Waals surface area contributed by atoms with Gasteiger partial charge in [0.15, 0.2) is 0 Å². The molecule has 1 aromatic heterocycles. The fraction of sp³-hybridized carbons (Fsp3) is 0.130. The van der Waals surface area contributed by atoms with Crippen LogP contribution in [-0.4, -0.2) is 16.5 Å². The van der Waals surface area contributed by atoms with Crippen LogP contribution in [0.5, 0.6) is 0 Å². The second-order valence-corrected chi connectivity index (χ2v) is 6.86. The van der Waals surface area contributed by atoms with Crippen LogP contribution < -0.4 is 4.90 Å². The fourth-order valence-electron chi connectivity index (χ4n) is 3.80. The molecule has 0 atom stereocenters. The molecule has 0 radical (unpaired) electrons. The smallest absolute Gasteiger partial charge is 0.144 e. The highest BCUT2D eigenvalue weighted by Crippen LogP contribution is 2.39. The molecule has 0 amide bonds. The summed E-state index contributed by atoms with van der Waals surface area (Å²) in [5.41, 5.74) is 5.52. The minimum atomic E-state index is -0.218. The van der Waals surface area contributed by atoms with Gasteiger partial charge in [0.2, 0.25) is 0 Å². The van der Waals surface area contributed by atoms with Gasteiger partial charge in [0.05, 0.1) is 5.52 Å². The van der Waals surface area contributed by atoms with E-state index >= 15 is 0 Å². The standard InChI is InChI=1S/C23H18FN3/c1-15-25-21-5-3-2-4-20(21)23(26-15)27-13-12-17-6-7-18(14-22(17)27)16-8-10-19(24)11-9-16/h2-11,14H,12-13H2,1H3. The molecule has 1 aliphatic heterocycles. The van der Waals surface area contributed by atoms with Gasteiger partial charge >= 0.3 is 0 Å². The quantitative estimate of drug-likeness (QED) is 0.479. The Morgan fingerprint density at radius 1 is 0.889 bits per heavy atom. The van der Waals surface area contributed by atoms with Gasteiger partial charge in [-0.1, -0.05) is 36.4 Å². The van der Waals surface area contributed by atoms with Crippen LogP contribution in [0.1, 0.15) is 11.4 Å². The SMILES string of the molecule is Cc1nc(N2CCc3ccc(-c4ccc(F)cc4)cc32)c2ccccc2n1. The molecule has 3 aromatic carbocycles. The van der Waals surface area contributed by atoms with E-state index in [0.29, 0.717) is 0 Å². The third kappa shape index (κ3) is 2.74. The maximum Gasteiger partial charge on any atom is 0.144 e. The summed E-state index contributed by atoms with van der Waals surface area (Å²) in [5.74, 6) is 1.50. The summed E-state index contributed by atoms with van der Waals surface area (Å²) in [6.45, 7) is 2.82. The lowest BCUT2D eigenvalue weighted by atomic mass is 10.0. The van der Waals surface area contributed by atoms with Crippen molar-refractivity contribution >= 4 is 22.4 Å². The molecule has 5 rings (SSSR count). The lowest BCUT2D eigenvalue weighted by Crippen LogP contribution is -2.16. The maximum atomic E-state index is 13.3. The number of para-hydroxylation sites is 1. The first kappa shape index (κ1) is 15.9. The average Bonchev–Trinajstić information content (AvgIpc) is 3.11. The van der Waals surface area contributed by atoms with Crippen LogP contribution in [0, 0.1) is 12.7 Å². The minimum Gasteiger partial charge on any atom is -0.325 e. The first-order valence-electron chi connectivity index (χ1n) is 9.09. The normalized spacial score (nSPS) is 13.2. The van der Waals surface area contributed by atoms with Gasteiger partial charge in [-0.25, -0.2) is 14.4 Å². The number of hydrogen-bond donors (Lipinski definition) is 0. The first-order valence-corrected chi connectivity index (χ1v) is 9.09. The molecule has 1 aliphatic rings. The topological polar surface area (TPSA) is 29.0 Å². The highest BCUT2D eigenvalue weighted by Gasteiger charge is 2.24. The molecule has 4 heteroatoms. The van der Waals surface area contributed by atoms with Crippen molar-refractivity contribution in [2.75, 3.05) is 11.4 Å². The molecule has 27 heavy (non-hydrogen) atoms. The number of benzene rings is 3. The number of anilines is 2. The molecule has 0 saturated carbocycles. The third-order valence-corrected chi connectivity index (χ3v) is 5.11. The van der Waals surface area contributed by atoms with E-state index in [1.165, 1.54) is 23.4 Å². The first-order chi connectivity index (χ1) is 13.2. The molecule has 0 bridgehead atoms. The molecular formula is C23H18FN3. The summed E-state index contributed by atoms with van der Waals surface area (Å²) in [6, 6.07) is 21.2. The van der Waals surface area contributed by atoms with Gasteiger partial charge < -0.3 is 4.90 Å². The molecule has 0 fully saturated rings. The molecule has 2 heterocycles. The van der Waals surface area contributed by atoms with Crippen LogP contribution in [0.4, 0.5) is 15.9 Å². The molecule has 0 aliphatic carbocycles. The van der Waals surface area contributed by atoms with Crippen LogP contribution in [0.3, 0.4) is 0 Å². The van der Waals surface area contributed by atoms with Gasteiger partial charge in [0.1, 0.15) is 17.5 Å². The van der Waals surface area contributed by atoms with Crippen LogP contribution >= 0.6 is 0 Å². The van der Waals surface area contributed by atoms with E-state index in [-0.39, 0.29) is 5.82 Å². The van der Waals surface area contributed by atoms with Gasteiger partial charge in [-0.2, -0.15) is 0 Å². The highest BCUT2D eigenvalue weighted by atomic mass is 19.1. The van der Waals surface area contributed by atoms with Crippen LogP contribution in [-0.2, 0) is 6.42 Å². The summed E-state index contributed by atoms with van der Waals surface area (Å²) in [6.07, 6.45) is 0.983. The van der Waals surface area contributed by atoms with E-state index in [9.17, 15) is 4.39 Å². The number of rotatable bonds is 2. The van der Waals surface area contributed by atoms with Crippen molar-refractivity contribution < 1.29 is 4.39 Å². The molecule has 4 aromatic rings. The number of halogens is 1. The Kier molecular flexibility index (Phi) is 3.64. The largest absolute Gasteiger partial charge is 0.325 e. The zero-order valence-corrected chi connectivity index (χ0v) is 15.0. The van der Waals surface area contributed by atoms with Crippen molar-refractivity contribution in [3.63, 3.8) is 0 Å². The van der Waals surface area contributed by atoms with Gasteiger partial charge in [-0.05, 0) is 60.4 Å². The van der Waals surface area contributed by atoms with Crippen molar-refractivity contribution in [1.29, 1.82) is 0 Å². The van der Waals surface area contributed by atoms with E-state index in [4.69, 9.17) is 4.98 Å². The highest BCUT2D eigenvalue weighted by molar-refractivity contribution is 5.93. The Hall–Kier alpha value is -3.27. The number of aryl methyl sites for hydroxylation is 1. The number of fused-ring (bicyclic) bond motifs is 2. The van der Waals surface area contributed by atoms with Gasteiger partial charge in [-0.15, -0.1) is 0 Å². The van der Waals surface area contributed by atoms with E-state index < -0.39 is 0 Å². The Morgan fingerprint density at radius 3 is 2.52 bits per heavy atom. The summed E-state index contributed by atoms with van der Waals surface area (Å²) >= 11 is 0. The molecule has 132 valence electrons. The lowest BCUT2D eigenvalue weighted by molar-refractivity contribution is 0.628. The predicted molar refractivity (Wildman–Crippen MR) is 107 cm³/mol. The predicted octanol–water partition coefficient (Wildman–Crippen LogP) is 5.44. The Labute approximate surface area is 157 Å². The Balaban J connectivity index is 1.65. The van der Waals surface area contributed by atoms with E-state index in [2.05, 4.69) is 34.1 Å². The molecule has 0 N–H and O–H groups in total. The van der Waals surface area contributed by atoms with Crippen molar-refractivity contribution in [1.82, 2.24) is 9.97 Å². The Bertz CT molecular complexity index is 1150. The van der Waals surface area contributed by atoms with Gasteiger partial charge in [0.25, 0.3) is 0 Å². The second kappa shape index (κ2) is 6.16. The van der Waals surface area contributed by atoms with Crippen LogP contribution in [0.25, 0.3) is 22.0 Å². The Morgan fingerprint density at radius 2 is 1.67 bits per heavy atom. The maximum absolute atomic E-state index is 13.3. The van der Waals surface area contributed by atoms with E-state index in [0.717, 1.165) is 46.6 Å². The number of nitrogens with zero attached hydrogens (tertiary/aromatic N) is 3. The summed E-state index contributed by atoms with van der Waals surface area (Å²) in [7, 11) is 0. The summed E-state index contributed by atoms with van der Waals surface area (Å²) in [5, 5.41) is 1.06. The molecule has 0 spiro atoms. The van der Waals surface area contributed by atoms with Crippen molar-refractivity contribution in [3.8, 4) is 11.1 Å². The molecule has 0 unspecified atom stereocenters. The molecule has 3 nitrogen and oxygen atoms in total. The van der Waals surface area contributed by atoms with Gasteiger partial charge in [0, 0.05) is 17.6 Å². The van der Waals surface area contributed by atoms with E-state index in [1.807, 2.05) is 37.3 Å². The van der Waals surface area contributed by atoms with Crippen molar-refractivity contribution in [2.24, 2.45) is 0 Å². The van der Waals surface area contributed by atoms with E-state index in [1.54, 1.807) is 0 Å². The number of hydrogen-bond acceptors (Lipinski definition) is 3. The summed E-state index contributed by atoms with van der Waals surface area (Å²) < 4.78 is 13.3. The average molecular weight is 355 g/mol. The van der Waals surface area contributed by atoms with Crippen molar-refractivity contribution in [2.45, 2.75) is 13.3 Å². The van der Waals surface area contributed by atoms with Crippen molar-refractivity contribution in [3.05, 3.63) is 83.9 Å². The van der Waals surface area contributed by atoms with Crippen LogP contribution in [0.15, 0.2) is 66.7 Å². The van der Waals surface area contributed by atoms with Crippen LogP contribution in [0.2, 0.25) is 0 Å². The zero-order chi connectivity index (χ0) is 18.4. The zero-order valence-electron chi connectivity index (χ0n) is 15.0. The second-order valence-electron chi connectivity index (χ2n) is 6.86. The number of aromatic nitrogens is 2.